The SMILES string of the molecule is CCN(Cc1cc(=O)n2nc(C3CCCCC3)sc2n1)c1ccc(Cl)cc1. The van der Waals surface area contributed by atoms with Gasteiger partial charge in [0.1, 0.15) is 5.01 Å². The largest absolute Gasteiger partial charge is 0.366 e. The lowest BCUT2D eigenvalue weighted by atomic mass is 9.90. The highest BCUT2D eigenvalue weighted by molar-refractivity contribution is 7.16. The van der Waals surface area contributed by atoms with E-state index in [0.717, 1.165) is 22.9 Å². The molecule has 27 heavy (non-hydrogen) atoms. The summed E-state index contributed by atoms with van der Waals surface area (Å²) in [5.41, 5.74) is 1.74. The smallest absolute Gasteiger partial charge is 0.275 e. The van der Waals surface area contributed by atoms with Crippen LogP contribution in [0.4, 0.5) is 5.69 Å². The predicted molar refractivity (Wildman–Crippen MR) is 111 cm³/mol. The fraction of sp³-hybridized carbons (Fsp3) is 0.450. The van der Waals surface area contributed by atoms with Crippen molar-refractivity contribution in [2.75, 3.05) is 11.4 Å². The molecule has 0 aliphatic heterocycles. The van der Waals surface area contributed by atoms with Crippen molar-refractivity contribution in [3.63, 3.8) is 0 Å². The molecule has 2 heterocycles. The maximum Gasteiger partial charge on any atom is 0.275 e. The molecule has 0 unspecified atom stereocenters. The summed E-state index contributed by atoms with van der Waals surface area (Å²) in [5.74, 6) is 0.481. The van der Waals surface area contributed by atoms with Crippen LogP contribution >= 0.6 is 22.9 Å². The van der Waals surface area contributed by atoms with E-state index in [2.05, 4.69) is 16.9 Å². The van der Waals surface area contributed by atoms with Crippen molar-refractivity contribution in [2.24, 2.45) is 0 Å². The van der Waals surface area contributed by atoms with E-state index in [0.29, 0.717) is 22.4 Å². The first-order chi connectivity index (χ1) is 13.1. The van der Waals surface area contributed by atoms with E-state index < -0.39 is 0 Å². The number of rotatable bonds is 5. The minimum Gasteiger partial charge on any atom is -0.366 e. The number of nitrogens with zero attached hydrogens (tertiary/aromatic N) is 4. The molecule has 1 fully saturated rings. The molecule has 5 nitrogen and oxygen atoms in total. The normalized spacial score (nSPS) is 15.3. The Morgan fingerprint density at radius 1 is 1.22 bits per heavy atom. The van der Waals surface area contributed by atoms with E-state index in [1.54, 1.807) is 17.4 Å². The second-order valence-electron chi connectivity index (χ2n) is 7.05. The number of benzene rings is 1. The maximum absolute atomic E-state index is 12.6. The molecule has 0 N–H and O–H groups in total. The van der Waals surface area contributed by atoms with E-state index in [1.165, 1.54) is 36.6 Å². The molecular weight excluding hydrogens is 380 g/mol. The van der Waals surface area contributed by atoms with Crippen LogP contribution in [0.25, 0.3) is 4.96 Å². The van der Waals surface area contributed by atoms with Crippen molar-refractivity contribution < 1.29 is 0 Å². The summed E-state index contributed by atoms with van der Waals surface area (Å²) in [4.78, 5) is 20.2. The summed E-state index contributed by atoms with van der Waals surface area (Å²) in [6, 6.07) is 9.35. The van der Waals surface area contributed by atoms with Crippen molar-refractivity contribution in [2.45, 2.75) is 51.5 Å². The van der Waals surface area contributed by atoms with Crippen LogP contribution in [0.1, 0.15) is 55.6 Å². The molecular formula is C20H23ClN4OS. The quantitative estimate of drug-likeness (QED) is 0.610. The van der Waals surface area contributed by atoms with Crippen molar-refractivity contribution in [3.05, 3.63) is 56.4 Å². The first-order valence-electron chi connectivity index (χ1n) is 9.54. The lowest BCUT2D eigenvalue weighted by Gasteiger charge is -2.22. The summed E-state index contributed by atoms with van der Waals surface area (Å²) in [7, 11) is 0. The first kappa shape index (κ1) is 18.4. The minimum absolute atomic E-state index is 0.0968. The lowest BCUT2D eigenvalue weighted by Crippen LogP contribution is -2.25. The van der Waals surface area contributed by atoms with Crippen LogP contribution < -0.4 is 10.5 Å². The monoisotopic (exact) mass is 402 g/mol. The van der Waals surface area contributed by atoms with Gasteiger partial charge in [-0.25, -0.2) is 4.98 Å². The van der Waals surface area contributed by atoms with Gasteiger partial charge in [0, 0.05) is 29.2 Å². The molecule has 2 aromatic heterocycles. The number of hydrogen-bond donors (Lipinski definition) is 0. The third-order valence-corrected chi connectivity index (χ3v) is 6.52. The van der Waals surface area contributed by atoms with E-state index in [-0.39, 0.29) is 5.56 Å². The zero-order valence-electron chi connectivity index (χ0n) is 15.4. The molecule has 0 spiro atoms. The summed E-state index contributed by atoms with van der Waals surface area (Å²) in [5, 5.41) is 6.35. The molecule has 1 aliphatic rings. The molecule has 1 aliphatic carbocycles. The Kier molecular flexibility index (Phi) is 5.45. The predicted octanol–water partition coefficient (Wildman–Crippen LogP) is 4.88. The molecule has 3 aromatic rings. The van der Waals surface area contributed by atoms with E-state index in [4.69, 9.17) is 16.6 Å². The molecule has 142 valence electrons. The molecule has 0 atom stereocenters. The minimum atomic E-state index is -0.0968. The van der Waals surface area contributed by atoms with Gasteiger partial charge in [0.05, 0.1) is 12.2 Å². The van der Waals surface area contributed by atoms with Crippen LogP contribution in [0, 0.1) is 0 Å². The van der Waals surface area contributed by atoms with Gasteiger partial charge in [-0.1, -0.05) is 42.2 Å². The van der Waals surface area contributed by atoms with Crippen molar-refractivity contribution in [1.82, 2.24) is 14.6 Å². The lowest BCUT2D eigenvalue weighted by molar-refractivity contribution is 0.439. The number of hydrogen-bond acceptors (Lipinski definition) is 5. The summed E-state index contributed by atoms with van der Waals surface area (Å²) >= 11 is 7.56. The Bertz CT molecular complexity index is 976. The topological polar surface area (TPSA) is 50.5 Å². The molecule has 0 saturated heterocycles. The van der Waals surface area contributed by atoms with Crippen molar-refractivity contribution in [1.29, 1.82) is 0 Å². The molecule has 0 amide bonds. The second kappa shape index (κ2) is 7.98. The summed E-state index contributed by atoms with van der Waals surface area (Å²) < 4.78 is 1.47. The third kappa shape index (κ3) is 4.01. The Morgan fingerprint density at radius 3 is 2.67 bits per heavy atom. The highest BCUT2D eigenvalue weighted by Gasteiger charge is 2.21. The second-order valence-corrected chi connectivity index (χ2v) is 8.47. The van der Waals surface area contributed by atoms with Gasteiger partial charge < -0.3 is 4.90 Å². The highest BCUT2D eigenvalue weighted by atomic mass is 35.5. The van der Waals surface area contributed by atoms with Crippen LogP contribution in [0.15, 0.2) is 35.1 Å². The third-order valence-electron chi connectivity index (χ3n) is 5.19. The fourth-order valence-electron chi connectivity index (χ4n) is 3.70. The molecule has 1 aromatic carbocycles. The van der Waals surface area contributed by atoms with Crippen LogP contribution in [-0.2, 0) is 6.54 Å². The first-order valence-corrected chi connectivity index (χ1v) is 10.7. The molecule has 7 heteroatoms. The zero-order valence-corrected chi connectivity index (χ0v) is 17.0. The fourth-order valence-corrected chi connectivity index (χ4v) is 4.92. The van der Waals surface area contributed by atoms with Gasteiger partial charge >= 0.3 is 0 Å². The Balaban J connectivity index is 1.61. The van der Waals surface area contributed by atoms with Gasteiger partial charge in [0.25, 0.3) is 5.56 Å². The Morgan fingerprint density at radius 2 is 1.96 bits per heavy atom. The van der Waals surface area contributed by atoms with E-state index in [1.807, 2.05) is 24.3 Å². The zero-order chi connectivity index (χ0) is 18.8. The van der Waals surface area contributed by atoms with Gasteiger partial charge in [-0.05, 0) is 44.0 Å². The van der Waals surface area contributed by atoms with Crippen molar-refractivity contribution >= 4 is 33.6 Å². The molecule has 1 saturated carbocycles. The number of anilines is 1. The number of halogens is 1. The molecule has 0 radical (unpaired) electrons. The van der Waals surface area contributed by atoms with E-state index >= 15 is 0 Å². The summed E-state index contributed by atoms with van der Waals surface area (Å²) in [6.45, 7) is 3.49. The van der Waals surface area contributed by atoms with Crippen LogP contribution in [0.3, 0.4) is 0 Å². The molecule has 0 bridgehead atoms. The molecule has 4 rings (SSSR count). The average Bonchev–Trinajstić information content (AvgIpc) is 3.12. The Labute approximate surface area is 167 Å². The van der Waals surface area contributed by atoms with Crippen LogP contribution in [0.2, 0.25) is 5.02 Å². The van der Waals surface area contributed by atoms with Gasteiger partial charge in [-0.15, -0.1) is 0 Å². The average molecular weight is 403 g/mol. The van der Waals surface area contributed by atoms with E-state index in [9.17, 15) is 4.79 Å². The number of aromatic nitrogens is 3. The van der Waals surface area contributed by atoms with Gasteiger partial charge in [0.15, 0.2) is 0 Å². The van der Waals surface area contributed by atoms with Gasteiger partial charge in [-0.3, -0.25) is 4.79 Å². The maximum atomic E-state index is 12.6. The Hall–Kier alpha value is -1.92. The summed E-state index contributed by atoms with van der Waals surface area (Å²) in [6.07, 6.45) is 6.14. The number of fused-ring (bicyclic) bond motifs is 1. The van der Waals surface area contributed by atoms with Crippen LogP contribution in [-0.4, -0.2) is 21.1 Å². The van der Waals surface area contributed by atoms with Crippen LogP contribution in [0.5, 0.6) is 0 Å². The standard InChI is InChI=1S/C20H23ClN4OS/c1-2-24(17-10-8-15(21)9-11-17)13-16-12-18(26)25-20(22-16)27-19(23-25)14-6-4-3-5-7-14/h8-12,14H,2-7,13H2,1H3. The van der Waals surface area contributed by atoms with Crippen molar-refractivity contribution in [3.8, 4) is 0 Å². The highest BCUT2D eigenvalue weighted by Crippen LogP contribution is 2.34. The van der Waals surface area contributed by atoms with Gasteiger partial charge in [0.2, 0.25) is 4.96 Å². The van der Waals surface area contributed by atoms with Gasteiger partial charge in [-0.2, -0.15) is 9.61 Å².